The van der Waals surface area contributed by atoms with E-state index in [1.165, 1.54) is 51.7 Å². The molecule has 1 N–H and O–H groups in total. The van der Waals surface area contributed by atoms with Crippen molar-refractivity contribution in [3.05, 3.63) is 0 Å². The molecule has 1 saturated heterocycles. The first kappa shape index (κ1) is 13.7. The first-order valence-electron chi connectivity index (χ1n) is 7.22. The number of nitrogens with one attached hydrogen (secondary N) is 1. The van der Waals surface area contributed by atoms with Gasteiger partial charge in [0.25, 0.3) is 0 Å². The highest BCUT2D eigenvalue weighted by molar-refractivity contribution is 8.00. The van der Waals surface area contributed by atoms with Crippen molar-refractivity contribution < 1.29 is 0 Å². The minimum Gasteiger partial charge on any atom is -0.311 e. The SMILES string of the molecule is CCC1CN(CC2(SC)CCCC2)C(C)CN1. The van der Waals surface area contributed by atoms with Crippen LogP contribution in [0.25, 0.3) is 0 Å². The van der Waals surface area contributed by atoms with Gasteiger partial charge in [-0.1, -0.05) is 19.8 Å². The molecule has 1 aliphatic heterocycles. The van der Waals surface area contributed by atoms with Gasteiger partial charge >= 0.3 is 0 Å². The smallest absolute Gasteiger partial charge is 0.0284 e. The molecule has 2 aliphatic rings. The van der Waals surface area contributed by atoms with E-state index in [4.69, 9.17) is 0 Å². The van der Waals surface area contributed by atoms with Crippen molar-refractivity contribution in [3.63, 3.8) is 0 Å². The van der Waals surface area contributed by atoms with Crippen molar-refractivity contribution in [3.8, 4) is 0 Å². The van der Waals surface area contributed by atoms with Gasteiger partial charge in [-0.25, -0.2) is 0 Å². The summed E-state index contributed by atoms with van der Waals surface area (Å²) in [4.78, 5) is 2.74. The van der Waals surface area contributed by atoms with Crippen LogP contribution in [0.3, 0.4) is 0 Å². The number of thioether (sulfide) groups is 1. The molecule has 17 heavy (non-hydrogen) atoms. The molecule has 2 fully saturated rings. The van der Waals surface area contributed by atoms with Gasteiger partial charge in [0.2, 0.25) is 0 Å². The maximum absolute atomic E-state index is 3.66. The summed E-state index contributed by atoms with van der Waals surface area (Å²) < 4.78 is 0.573. The average Bonchev–Trinajstić information content (AvgIpc) is 2.81. The number of piperazine rings is 1. The summed E-state index contributed by atoms with van der Waals surface area (Å²) in [5.74, 6) is 0. The van der Waals surface area contributed by atoms with E-state index in [0.717, 1.165) is 0 Å². The van der Waals surface area contributed by atoms with E-state index in [-0.39, 0.29) is 0 Å². The van der Waals surface area contributed by atoms with Gasteiger partial charge in [0, 0.05) is 36.5 Å². The van der Waals surface area contributed by atoms with Gasteiger partial charge in [-0.05, 0) is 32.4 Å². The molecule has 100 valence electrons. The molecule has 0 aromatic rings. The third kappa shape index (κ3) is 3.18. The molecule has 0 spiro atoms. The first-order valence-corrected chi connectivity index (χ1v) is 8.44. The molecule has 0 radical (unpaired) electrons. The lowest BCUT2D eigenvalue weighted by atomic mass is 10.0. The zero-order valence-corrected chi connectivity index (χ0v) is 12.5. The van der Waals surface area contributed by atoms with E-state index in [1.807, 2.05) is 0 Å². The Labute approximate surface area is 111 Å². The fourth-order valence-corrected chi connectivity index (χ4v) is 4.30. The quantitative estimate of drug-likeness (QED) is 0.832. The van der Waals surface area contributed by atoms with Gasteiger partial charge in [-0.15, -0.1) is 0 Å². The second kappa shape index (κ2) is 5.94. The Morgan fingerprint density at radius 3 is 2.65 bits per heavy atom. The molecule has 3 heteroatoms. The molecule has 1 saturated carbocycles. The average molecular weight is 256 g/mol. The Morgan fingerprint density at radius 1 is 1.35 bits per heavy atom. The third-order valence-electron chi connectivity index (χ3n) is 4.71. The largest absolute Gasteiger partial charge is 0.311 e. The van der Waals surface area contributed by atoms with Crippen LogP contribution < -0.4 is 5.32 Å². The van der Waals surface area contributed by atoms with E-state index in [0.29, 0.717) is 16.8 Å². The number of nitrogens with zero attached hydrogens (tertiary/aromatic N) is 1. The van der Waals surface area contributed by atoms with Crippen LogP contribution in [0, 0.1) is 0 Å². The Hall–Kier alpha value is 0.270. The summed E-state index contributed by atoms with van der Waals surface area (Å²) in [6.45, 7) is 8.41. The standard InChI is InChI=1S/C14H28N2S/c1-4-13-10-16(12(2)9-15-13)11-14(17-3)7-5-6-8-14/h12-13,15H,4-11H2,1-3H3. The highest BCUT2D eigenvalue weighted by Crippen LogP contribution is 2.41. The summed E-state index contributed by atoms with van der Waals surface area (Å²) >= 11 is 2.12. The number of hydrogen-bond donors (Lipinski definition) is 1. The summed E-state index contributed by atoms with van der Waals surface area (Å²) in [6, 6.07) is 1.42. The van der Waals surface area contributed by atoms with E-state index < -0.39 is 0 Å². The molecule has 1 heterocycles. The molecule has 1 aliphatic carbocycles. The summed E-state index contributed by atoms with van der Waals surface area (Å²) in [5, 5.41) is 3.66. The molecular weight excluding hydrogens is 228 g/mol. The summed E-state index contributed by atoms with van der Waals surface area (Å²) in [7, 11) is 0. The second-order valence-corrected chi connectivity index (χ2v) is 7.16. The van der Waals surface area contributed by atoms with Crippen LogP contribution in [0.2, 0.25) is 0 Å². The molecule has 0 aromatic heterocycles. The normalized spacial score (nSPS) is 34.1. The molecule has 0 bridgehead atoms. The molecule has 2 rings (SSSR count). The van der Waals surface area contributed by atoms with Crippen molar-refractivity contribution in [2.75, 3.05) is 25.9 Å². The highest BCUT2D eigenvalue weighted by atomic mass is 32.2. The predicted molar refractivity (Wildman–Crippen MR) is 77.8 cm³/mol. The van der Waals surface area contributed by atoms with Gasteiger partial charge in [0.15, 0.2) is 0 Å². The van der Waals surface area contributed by atoms with Crippen LogP contribution in [0.4, 0.5) is 0 Å². The summed E-state index contributed by atoms with van der Waals surface area (Å²) in [5.41, 5.74) is 0. The minimum absolute atomic E-state index is 0.573. The Kier molecular flexibility index (Phi) is 4.79. The van der Waals surface area contributed by atoms with Crippen LogP contribution in [0.15, 0.2) is 0 Å². The molecule has 0 aromatic carbocycles. The van der Waals surface area contributed by atoms with Crippen molar-refractivity contribution in [1.82, 2.24) is 10.2 Å². The fraction of sp³-hybridized carbons (Fsp3) is 1.00. The zero-order valence-electron chi connectivity index (χ0n) is 11.7. The van der Waals surface area contributed by atoms with E-state index in [9.17, 15) is 0 Å². The monoisotopic (exact) mass is 256 g/mol. The topological polar surface area (TPSA) is 15.3 Å². The van der Waals surface area contributed by atoms with Crippen LogP contribution >= 0.6 is 11.8 Å². The van der Waals surface area contributed by atoms with E-state index >= 15 is 0 Å². The van der Waals surface area contributed by atoms with Crippen LogP contribution in [-0.4, -0.2) is 47.6 Å². The van der Waals surface area contributed by atoms with Crippen LogP contribution in [0.5, 0.6) is 0 Å². The number of hydrogen-bond acceptors (Lipinski definition) is 3. The predicted octanol–water partition coefficient (Wildman–Crippen LogP) is 2.73. The summed E-state index contributed by atoms with van der Waals surface area (Å²) in [6.07, 6.45) is 9.32. The number of rotatable bonds is 4. The zero-order chi connectivity index (χ0) is 12.3. The highest BCUT2D eigenvalue weighted by Gasteiger charge is 2.37. The lowest BCUT2D eigenvalue weighted by Crippen LogP contribution is -2.57. The molecule has 2 nitrogen and oxygen atoms in total. The second-order valence-electron chi connectivity index (χ2n) is 5.89. The van der Waals surface area contributed by atoms with Crippen LogP contribution in [-0.2, 0) is 0 Å². The molecule has 2 atom stereocenters. The first-order chi connectivity index (χ1) is 8.19. The van der Waals surface area contributed by atoms with Gasteiger partial charge in [0.05, 0.1) is 0 Å². The maximum Gasteiger partial charge on any atom is 0.0284 e. The van der Waals surface area contributed by atoms with Gasteiger partial charge in [-0.2, -0.15) is 11.8 Å². The van der Waals surface area contributed by atoms with Crippen molar-refractivity contribution in [2.24, 2.45) is 0 Å². The van der Waals surface area contributed by atoms with Gasteiger partial charge in [-0.3, -0.25) is 4.90 Å². The lowest BCUT2D eigenvalue weighted by Gasteiger charge is -2.43. The lowest BCUT2D eigenvalue weighted by molar-refractivity contribution is 0.126. The Balaban J connectivity index is 1.95. The third-order valence-corrected chi connectivity index (χ3v) is 6.12. The van der Waals surface area contributed by atoms with Crippen molar-refractivity contribution >= 4 is 11.8 Å². The maximum atomic E-state index is 3.66. The van der Waals surface area contributed by atoms with Gasteiger partial charge in [0.1, 0.15) is 0 Å². The van der Waals surface area contributed by atoms with Crippen molar-refractivity contribution in [1.29, 1.82) is 0 Å². The molecular formula is C14H28N2S. The Morgan fingerprint density at radius 2 is 2.06 bits per heavy atom. The minimum atomic E-state index is 0.573. The van der Waals surface area contributed by atoms with E-state index in [1.54, 1.807) is 0 Å². The fourth-order valence-electron chi connectivity index (χ4n) is 3.30. The van der Waals surface area contributed by atoms with Crippen molar-refractivity contribution in [2.45, 2.75) is 62.8 Å². The molecule has 2 unspecified atom stereocenters. The van der Waals surface area contributed by atoms with Crippen LogP contribution in [0.1, 0.15) is 46.0 Å². The Bertz CT molecular complexity index is 238. The van der Waals surface area contributed by atoms with E-state index in [2.05, 4.69) is 42.1 Å². The van der Waals surface area contributed by atoms with Gasteiger partial charge < -0.3 is 5.32 Å². The molecule has 0 amide bonds.